The molecule has 0 spiro atoms. The largest absolute Gasteiger partial charge is 0.455 e. The van der Waals surface area contributed by atoms with Crippen molar-refractivity contribution in [2.24, 2.45) is 0 Å². The van der Waals surface area contributed by atoms with Gasteiger partial charge in [-0.05, 0) is 95.1 Å². The highest BCUT2D eigenvalue weighted by molar-refractivity contribution is 6.13. The summed E-state index contributed by atoms with van der Waals surface area (Å²) in [7, 11) is 0. The Morgan fingerprint density at radius 3 is 1.45 bits per heavy atom. The Morgan fingerprint density at radius 1 is 0.362 bits per heavy atom. The highest BCUT2D eigenvalue weighted by Crippen LogP contribution is 2.42. The molecular weight excluding hydrogens is 712 g/mol. The molecule has 9 aromatic carbocycles. The van der Waals surface area contributed by atoms with Crippen LogP contribution in [0.15, 0.2) is 217 Å². The average molecular weight is 747 g/mol. The van der Waals surface area contributed by atoms with Gasteiger partial charge in [0.1, 0.15) is 17.0 Å². The van der Waals surface area contributed by atoms with Crippen molar-refractivity contribution < 1.29 is 8.81 Å². The van der Waals surface area contributed by atoms with E-state index in [1.807, 2.05) is 30.3 Å². The van der Waals surface area contributed by atoms with E-state index >= 15 is 0 Å². The molecule has 0 N–H and O–H groups in total. The van der Waals surface area contributed by atoms with E-state index in [-0.39, 0.29) is 5.82 Å². The molecule has 0 aliphatic rings. The standard InChI is InChI=1S/C54H35FN2O/c55-40-25-34-48-47-15-7-8-20-51(47)57(52(48)35-40)44-32-30-43(31-33-44)56(41-26-21-37(22-27-41)36-11-3-1-4-12-36)42-28-23-39(24-29-42)46-17-10-19-50-49-18-9-16-45(53(49)58-54(46)50)38-13-5-2-6-14-38/h1-35H. The van der Waals surface area contributed by atoms with Crippen molar-refractivity contribution in [1.82, 2.24) is 4.57 Å². The van der Waals surface area contributed by atoms with E-state index in [9.17, 15) is 4.39 Å². The normalized spacial score (nSPS) is 11.5. The number of fused-ring (bicyclic) bond motifs is 6. The average Bonchev–Trinajstić information content (AvgIpc) is 3.83. The third kappa shape index (κ3) is 5.65. The number of anilines is 3. The summed E-state index contributed by atoms with van der Waals surface area (Å²) in [6.45, 7) is 0. The summed E-state index contributed by atoms with van der Waals surface area (Å²) in [5.74, 6) is -0.254. The first-order valence-corrected chi connectivity index (χ1v) is 19.5. The van der Waals surface area contributed by atoms with Crippen LogP contribution in [0.2, 0.25) is 0 Å². The smallest absolute Gasteiger partial charge is 0.143 e. The van der Waals surface area contributed by atoms with Gasteiger partial charge in [-0.1, -0.05) is 140 Å². The SMILES string of the molecule is Fc1ccc2c3ccccc3n(-c3ccc(N(c4ccc(-c5ccccc5)cc4)c4ccc(-c5cccc6c5oc5c(-c7ccccc7)cccc56)cc4)cc3)c2c1. The molecule has 274 valence electrons. The maximum atomic E-state index is 14.7. The number of rotatable bonds is 7. The molecule has 0 atom stereocenters. The maximum absolute atomic E-state index is 14.7. The Labute approximate surface area is 335 Å². The van der Waals surface area contributed by atoms with E-state index < -0.39 is 0 Å². The minimum atomic E-state index is -0.254. The third-order valence-electron chi connectivity index (χ3n) is 11.3. The number of benzene rings is 9. The first kappa shape index (κ1) is 33.6. The Balaban J connectivity index is 1.01. The second-order valence-corrected chi connectivity index (χ2v) is 14.7. The molecular formula is C54H35FN2O. The van der Waals surface area contributed by atoms with Gasteiger partial charge in [-0.3, -0.25) is 0 Å². The van der Waals surface area contributed by atoms with Crippen LogP contribution in [-0.4, -0.2) is 4.57 Å². The molecule has 11 rings (SSSR count). The van der Waals surface area contributed by atoms with Crippen LogP contribution in [0.3, 0.4) is 0 Å². The molecule has 2 aromatic heterocycles. The molecule has 0 aliphatic heterocycles. The zero-order chi connectivity index (χ0) is 38.6. The van der Waals surface area contributed by atoms with Crippen LogP contribution in [0.25, 0.3) is 82.8 Å². The van der Waals surface area contributed by atoms with Crippen LogP contribution < -0.4 is 4.90 Å². The summed E-state index contributed by atoms with van der Waals surface area (Å²) in [4.78, 5) is 2.28. The minimum absolute atomic E-state index is 0.254. The van der Waals surface area contributed by atoms with Crippen LogP contribution in [-0.2, 0) is 0 Å². The predicted octanol–water partition coefficient (Wildman–Crippen LogP) is 15.3. The zero-order valence-electron chi connectivity index (χ0n) is 31.4. The van der Waals surface area contributed by atoms with Gasteiger partial charge in [0, 0.05) is 55.4 Å². The molecule has 11 aromatic rings. The number of aromatic nitrogens is 1. The number of nitrogens with zero attached hydrogens (tertiary/aromatic N) is 2. The van der Waals surface area contributed by atoms with E-state index in [0.29, 0.717) is 0 Å². The van der Waals surface area contributed by atoms with Crippen molar-refractivity contribution >= 4 is 60.8 Å². The fraction of sp³-hybridized carbons (Fsp3) is 0. The van der Waals surface area contributed by atoms with Crippen molar-refractivity contribution in [2.75, 3.05) is 4.90 Å². The van der Waals surface area contributed by atoms with Crippen LogP contribution in [0.5, 0.6) is 0 Å². The lowest BCUT2D eigenvalue weighted by atomic mass is 10.00. The summed E-state index contributed by atoms with van der Waals surface area (Å²) in [6, 6.07) is 72.9. The van der Waals surface area contributed by atoms with E-state index in [1.54, 1.807) is 6.07 Å². The highest BCUT2D eigenvalue weighted by Gasteiger charge is 2.19. The molecule has 58 heavy (non-hydrogen) atoms. The molecule has 0 saturated carbocycles. The van der Waals surface area contributed by atoms with Crippen molar-refractivity contribution in [3.63, 3.8) is 0 Å². The Hall–Kier alpha value is -7.69. The lowest BCUT2D eigenvalue weighted by molar-refractivity contribution is 0.629. The molecule has 0 aliphatic carbocycles. The molecule has 4 heteroatoms. The van der Waals surface area contributed by atoms with Gasteiger partial charge < -0.3 is 13.9 Å². The summed E-state index contributed by atoms with van der Waals surface area (Å²) < 4.78 is 23.6. The topological polar surface area (TPSA) is 21.3 Å². The molecule has 0 radical (unpaired) electrons. The minimum Gasteiger partial charge on any atom is -0.455 e. The number of furan rings is 1. The van der Waals surface area contributed by atoms with Gasteiger partial charge in [-0.25, -0.2) is 4.39 Å². The molecule has 0 bridgehead atoms. The van der Waals surface area contributed by atoms with E-state index in [1.165, 1.54) is 11.6 Å². The van der Waals surface area contributed by atoms with Crippen LogP contribution in [0.1, 0.15) is 0 Å². The van der Waals surface area contributed by atoms with Crippen molar-refractivity contribution in [3.8, 4) is 39.1 Å². The van der Waals surface area contributed by atoms with Crippen LogP contribution in [0, 0.1) is 5.82 Å². The fourth-order valence-electron chi connectivity index (χ4n) is 8.54. The number of para-hydroxylation sites is 3. The highest BCUT2D eigenvalue weighted by atomic mass is 19.1. The predicted molar refractivity (Wildman–Crippen MR) is 239 cm³/mol. The first-order chi connectivity index (χ1) is 28.7. The number of halogens is 1. The van der Waals surface area contributed by atoms with Gasteiger partial charge in [-0.2, -0.15) is 0 Å². The third-order valence-corrected chi connectivity index (χ3v) is 11.3. The van der Waals surface area contributed by atoms with E-state index in [4.69, 9.17) is 4.42 Å². The molecule has 3 nitrogen and oxygen atoms in total. The Kier molecular flexibility index (Phi) is 8.00. The van der Waals surface area contributed by atoms with Crippen LogP contribution >= 0.6 is 0 Å². The maximum Gasteiger partial charge on any atom is 0.143 e. The van der Waals surface area contributed by atoms with E-state index in [2.05, 4.69) is 179 Å². The number of hydrogen-bond donors (Lipinski definition) is 0. The zero-order valence-corrected chi connectivity index (χ0v) is 31.4. The molecule has 0 fully saturated rings. The van der Waals surface area contributed by atoms with E-state index in [0.717, 1.165) is 94.3 Å². The fourth-order valence-corrected chi connectivity index (χ4v) is 8.54. The van der Waals surface area contributed by atoms with Gasteiger partial charge >= 0.3 is 0 Å². The van der Waals surface area contributed by atoms with Crippen LogP contribution in [0.4, 0.5) is 21.5 Å². The summed E-state index contributed by atoms with van der Waals surface area (Å²) in [6.07, 6.45) is 0. The summed E-state index contributed by atoms with van der Waals surface area (Å²) in [5, 5.41) is 4.32. The monoisotopic (exact) mass is 746 g/mol. The Morgan fingerprint density at radius 2 is 0.828 bits per heavy atom. The second kappa shape index (κ2) is 13.8. The van der Waals surface area contributed by atoms with Gasteiger partial charge in [0.2, 0.25) is 0 Å². The molecule has 2 heterocycles. The summed E-state index contributed by atoms with van der Waals surface area (Å²) in [5.41, 5.74) is 14.3. The molecule has 0 unspecified atom stereocenters. The van der Waals surface area contributed by atoms with Crippen molar-refractivity contribution in [1.29, 1.82) is 0 Å². The lowest BCUT2D eigenvalue weighted by Gasteiger charge is -2.26. The first-order valence-electron chi connectivity index (χ1n) is 19.5. The quantitative estimate of drug-likeness (QED) is 0.162. The number of hydrogen-bond acceptors (Lipinski definition) is 2. The summed E-state index contributed by atoms with van der Waals surface area (Å²) >= 11 is 0. The van der Waals surface area contributed by atoms with Gasteiger partial charge in [0.25, 0.3) is 0 Å². The lowest BCUT2D eigenvalue weighted by Crippen LogP contribution is -2.10. The van der Waals surface area contributed by atoms with Crippen molar-refractivity contribution in [2.45, 2.75) is 0 Å². The second-order valence-electron chi connectivity index (χ2n) is 14.7. The van der Waals surface area contributed by atoms with Crippen molar-refractivity contribution in [3.05, 3.63) is 218 Å². The Bertz CT molecular complexity index is 3260. The molecule has 0 amide bonds. The molecule has 0 saturated heterocycles. The van der Waals surface area contributed by atoms with Gasteiger partial charge in [0.15, 0.2) is 0 Å². The van der Waals surface area contributed by atoms with Gasteiger partial charge in [0.05, 0.1) is 11.0 Å². The van der Waals surface area contributed by atoms with Gasteiger partial charge in [-0.15, -0.1) is 0 Å².